The fourth-order valence-electron chi connectivity index (χ4n) is 5.67. The Morgan fingerprint density at radius 2 is 1.82 bits per heavy atom. The second-order valence-electron chi connectivity index (χ2n) is 10.2. The molecule has 2 fully saturated rings. The van der Waals surface area contributed by atoms with Crippen molar-refractivity contribution in [1.82, 2.24) is 20.9 Å². The zero-order valence-corrected chi connectivity index (χ0v) is 20.9. The molecule has 3 aliphatic rings. The Kier molecular flexibility index (Phi) is 4.94. The highest BCUT2D eigenvalue weighted by Crippen LogP contribution is 2.40. The molecule has 194 valence electrons. The summed E-state index contributed by atoms with van der Waals surface area (Å²) in [5.41, 5.74) is 0.278. The number of methoxy groups -OCH3 is 1. The van der Waals surface area contributed by atoms with Gasteiger partial charge < -0.3 is 19.4 Å². The van der Waals surface area contributed by atoms with Gasteiger partial charge in [-0.25, -0.2) is 4.79 Å². The topological polar surface area (TPSA) is 147 Å². The number of carbonyl (C=O) groups is 5. The van der Waals surface area contributed by atoms with Crippen molar-refractivity contribution in [3.63, 3.8) is 0 Å². The van der Waals surface area contributed by atoms with Crippen molar-refractivity contribution in [3.8, 4) is 5.75 Å². The minimum Gasteiger partial charge on any atom is -0.497 e. The molecule has 0 aliphatic carbocycles. The largest absolute Gasteiger partial charge is 0.497 e. The summed E-state index contributed by atoms with van der Waals surface area (Å²) in [7, 11) is 1.52. The molecule has 0 radical (unpaired) electrons. The molecule has 2 aromatic carbocycles. The van der Waals surface area contributed by atoms with Crippen molar-refractivity contribution < 1.29 is 33.1 Å². The smallest absolute Gasteiger partial charge is 0.322 e. The van der Waals surface area contributed by atoms with E-state index in [1.165, 1.54) is 12.0 Å². The number of hydrogen-bond acceptors (Lipinski definition) is 7. The zero-order chi connectivity index (χ0) is 27.0. The van der Waals surface area contributed by atoms with Gasteiger partial charge in [-0.1, -0.05) is 6.07 Å². The Morgan fingerprint density at radius 3 is 2.47 bits per heavy atom. The van der Waals surface area contributed by atoms with Crippen LogP contribution in [0.2, 0.25) is 0 Å². The third-order valence-corrected chi connectivity index (χ3v) is 7.72. The van der Waals surface area contributed by atoms with Crippen molar-refractivity contribution in [3.05, 3.63) is 64.4 Å². The molecule has 1 unspecified atom stereocenters. The molecule has 11 nitrogen and oxygen atoms in total. The van der Waals surface area contributed by atoms with Crippen molar-refractivity contribution >= 4 is 40.6 Å². The van der Waals surface area contributed by atoms with Crippen LogP contribution in [0.1, 0.15) is 46.2 Å². The highest BCUT2D eigenvalue weighted by atomic mass is 16.5. The molecule has 6 amide bonds. The van der Waals surface area contributed by atoms with Crippen LogP contribution in [-0.2, 0) is 31.9 Å². The average Bonchev–Trinajstić information content (AvgIpc) is 3.57. The molecular formula is C27H24N4O7. The molecule has 2 atom stereocenters. The van der Waals surface area contributed by atoms with Crippen LogP contribution in [-0.4, -0.2) is 48.2 Å². The molecule has 0 bridgehead atoms. The maximum absolute atomic E-state index is 13.3. The lowest BCUT2D eigenvalue weighted by atomic mass is 9.82. The molecule has 3 N–H and O–H groups in total. The first-order chi connectivity index (χ1) is 18.0. The Hall–Kier alpha value is -4.67. The quantitative estimate of drug-likeness (QED) is 0.346. The van der Waals surface area contributed by atoms with Crippen LogP contribution in [0.3, 0.4) is 0 Å². The normalized spacial score (nSPS) is 24.6. The van der Waals surface area contributed by atoms with Gasteiger partial charge in [0.25, 0.3) is 11.8 Å². The van der Waals surface area contributed by atoms with Gasteiger partial charge in [-0.15, -0.1) is 0 Å². The fraction of sp³-hybridized carbons (Fsp3) is 0.296. The lowest BCUT2D eigenvalue weighted by Gasteiger charge is -2.28. The molecule has 38 heavy (non-hydrogen) atoms. The number of fused-ring (bicyclic) bond motifs is 2. The van der Waals surface area contributed by atoms with E-state index >= 15 is 0 Å². The Bertz CT molecular complexity index is 1610. The minimum atomic E-state index is -1.44. The van der Waals surface area contributed by atoms with E-state index in [0.29, 0.717) is 33.4 Å². The van der Waals surface area contributed by atoms with Crippen molar-refractivity contribution in [2.75, 3.05) is 13.7 Å². The number of aryl methyl sites for hydroxylation is 1. The molecule has 0 spiro atoms. The average molecular weight is 517 g/mol. The first-order valence-electron chi connectivity index (χ1n) is 12.0. The van der Waals surface area contributed by atoms with E-state index in [0.717, 1.165) is 5.56 Å². The van der Waals surface area contributed by atoms with Gasteiger partial charge in [0.05, 0.1) is 13.5 Å². The van der Waals surface area contributed by atoms with Gasteiger partial charge in [-0.05, 0) is 60.9 Å². The molecular weight excluding hydrogens is 492 g/mol. The summed E-state index contributed by atoms with van der Waals surface area (Å²) >= 11 is 0. The van der Waals surface area contributed by atoms with Crippen LogP contribution in [0, 0.1) is 6.92 Å². The van der Waals surface area contributed by atoms with E-state index in [1.54, 1.807) is 44.2 Å². The molecule has 3 aliphatic heterocycles. The number of rotatable bonds is 5. The molecule has 4 heterocycles. The lowest BCUT2D eigenvalue weighted by Crippen LogP contribution is -2.46. The van der Waals surface area contributed by atoms with Crippen molar-refractivity contribution in [2.45, 2.75) is 37.8 Å². The number of furan rings is 1. The van der Waals surface area contributed by atoms with Crippen LogP contribution < -0.4 is 20.7 Å². The molecule has 2 saturated heterocycles. The van der Waals surface area contributed by atoms with Crippen LogP contribution >= 0.6 is 0 Å². The lowest BCUT2D eigenvalue weighted by molar-refractivity contribution is -0.127. The monoisotopic (exact) mass is 516 g/mol. The van der Waals surface area contributed by atoms with Gasteiger partial charge in [0, 0.05) is 24.0 Å². The number of nitrogens with one attached hydrogen (secondary N) is 3. The SMILES string of the molecule is COc1ccc2c(c1)C(=O)N(C[C@@]1(c3cc4cc(C5(C)NC(=O)NC5=O)c(C)cc4o3)CC(=O)NC1=O)C2. The van der Waals surface area contributed by atoms with Crippen LogP contribution in [0.25, 0.3) is 11.0 Å². The summed E-state index contributed by atoms with van der Waals surface area (Å²) in [4.78, 5) is 64.9. The molecule has 0 saturated carbocycles. The maximum atomic E-state index is 13.3. The van der Waals surface area contributed by atoms with E-state index in [9.17, 15) is 24.0 Å². The number of urea groups is 1. The predicted octanol–water partition coefficient (Wildman–Crippen LogP) is 1.74. The molecule has 3 aromatic rings. The number of nitrogens with zero attached hydrogens (tertiary/aromatic N) is 1. The summed E-state index contributed by atoms with van der Waals surface area (Å²) in [6.45, 7) is 3.61. The van der Waals surface area contributed by atoms with E-state index < -0.39 is 34.7 Å². The number of amides is 6. The number of benzene rings is 2. The highest BCUT2D eigenvalue weighted by Gasteiger charge is 2.53. The maximum Gasteiger partial charge on any atom is 0.322 e. The van der Waals surface area contributed by atoms with Crippen molar-refractivity contribution in [2.24, 2.45) is 0 Å². The first-order valence-corrected chi connectivity index (χ1v) is 12.0. The van der Waals surface area contributed by atoms with E-state index in [4.69, 9.17) is 9.15 Å². The third kappa shape index (κ3) is 3.31. The summed E-state index contributed by atoms with van der Waals surface area (Å²) in [6, 6.07) is 9.77. The van der Waals surface area contributed by atoms with E-state index in [-0.39, 0.29) is 31.2 Å². The van der Waals surface area contributed by atoms with Crippen LogP contribution in [0.15, 0.2) is 40.8 Å². The molecule has 11 heteroatoms. The standard InChI is InChI=1S/C27H24N4O7/c1-13-6-19-15(7-18(13)26(2)23(34)29-25(36)30-26)8-20(38-19)27(10-21(32)28-24(27)35)12-31-11-14-4-5-16(37-3)9-17(14)22(31)33/h4-9H,10-12H2,1-3H3,(H,28,32,35)(H2,29,30,34,36)/t26?,27-/m1/s1. The third-order valence-electron chi connectivity index (χ3n) is 7.72. The Balaban J connectivity index is 1.41. The minimum absolute atomic E-state index is 0.0672. The Labute approximate surface area is 216 Å². The number of carbonyl (C=O) groups excluding carboxylic acids is 5. The van der Waals surface area contributed by atoms with Crippen molar-refractivity contribution in [1.29, 1.82) is 0 Å². The van der Waals surface area contributed by atoms with Gasteiger partial charge in [-0.2, -0.15) is 0 Å². The molecule has 6 rings (SSSR count). The highest BCUT2D eigenvalue weighted by molar-refractivity contribution is 6.10. The van der Waals surface area contributed by atoms with E-state index in [1.807, 2.05) is 6.07 Å². The van der Waals surface area contributed by atoms with Gasteiger partial charge in [0.2, 0.25) is 11.8 Å². The summed E-state index contributed by atoms with van der Waals surface area (Å²) < 4.78 is 11.4. The van der Waals surface area contributed by atoms with Gasteiger partial charge in [0.1, 0.15) is 28.0 Å². The fourth-order valence-corrected chi connectivity index (χ4v) is 5.67. The number of ether oxygens (including phenoxy) is 1. The summed E-state index contributed by atoms with van der Waals surface area (Å²) in [5.74, 6) is -0.971. The summed E-state index contributed by atoms with van der Waals surface area (Å²) in [6.07, 6.45) is -0.183. The van der Waals surface area contributed by atoms with Gasteiger partial charge in [0.15, 0.2) is 0 Å². The van der Waals surface area contributed by atoms with Crippen LogP contribution in [0.4, 0.5) is 4.79 Å². The van der Waals surface area contributed by atoms with Crippen LogP contribution in [0.5, 0.6) is 5.75 Å². The second kappa shape index (κ2) is 7.91. The van der Waals surface area contributed by atoms with Gasteiger partial charge in [-0.3, -0.25) is 29.8 Å². The Morgan fingerprint density at radius 1 is 1.03 bits per heavy atom. The summed E-state index contributed by atoms with van der Waals surface area (Å²) in [5, 5.41) is 7.87. The second-order valence-corrected chi connectivity index (χ2v) is 10.2. The predicted molar refractivity (Wildman–Crippen MR) is 132 cm³/mol. The number of hydrogen-bond donors (Lipinski definition) is 3. The number of imide groups is 2. The van der Waals surface area contributed by atoms with Gasteiger partial charge >= 0.3 is 6.03 Å². The first kappa shape index (κ1) is 23.7. The molecule has 1 aromatic heterocycles. The van der Waals surface area contributed by atoms with E-state index in [2.05, 4.69) is 16.0 Å². The zero-order valence-electron chi connectivity index (χ0n) is 20.9.